The van der Waals surface area contributed by atoms with E-state index in [1.165, 1.54) is 0 Å². The third kappa shape index (κ3) is 5.11. The monoisotopic (exact) mass is 267 g/mol. The normalized spacial score (nSPS) is 23.3. The van der Waals surface area contributed by atoms with Crippen molar-refractivity contribution >= 4 is 17.9 Å². The highest BCUT2D eigenvalue weighted by atomic mass is 16.2. The van der Waals surface area contributed by atoms with Crippen LogP contribution in [0.25, 0.3) is 0 Å². The summed E-state index contributed by atoms with van der Waals surface area (Å²) in [6.07, 6.45) is 5.36. The zero-order chi connectivity index (χ0) is 14.3. The van der Waals surface area contributed by atoms with Crippen molar-refractivity contribution in [3.05, 3.63) is 0 Å². The smallest absolute Gasteiger partial charge is 0.245 e. The standard InChI is InChI=1S/C14H25N3O2/c1-10-7-9-16-13(10)14(19)17-8-5-4-6-12(15-3)11(2)18/h9-10,12-13,15H,4-8H2,1-3H3,(H,17,19). The second-order valence-electron chi connectivity index (χ2n) is 5.23. The number of Topliss-reactive ketones (excluding diaryl/α,β-unsaturated/α-hetero) is 1. The second kappa shape index (κ2) is 8.04. The molecule has 19 heavy (non-hydrogen) atoms. The van der Waals surface area contributed by atoms with Gasteiger partial charge >= 0.3 is 0 Å². The van der Waals surface area contributed by atoms with Crippen molar-refractivity contribution < 1.29 is 9.59 Å². The van der Waals surface area contributed by atoms with E-state index >= 15 is 0 Å². The molecule has 108 valence electrons. The quantitative estimate of drug-likeness (QED) is 0.643. The van der Waals surface area contributed by atoms with Gasteiger partial charge in [-0.2, -0.15) is 0 Å². The van der Waals surface area contributed by atoms with Crippen LogP contribution in [0.4, 0.5) is 0 Å². The first-order valence-corrected chi connectivity index (χ1v) is 7.03. The number of ketones is 1. The third-order valence-corrected chi connectivity index (χ3v) is 3.61. The summed E-state index contributed by atoms with van der Waals surface area (Å²) in [5.74, 6) is 0.505. The highest BCUT2D eigenvalue weighted by Gasteiger charge is 2.26. The number of likely N-dealkylation sites (N-methyl/N-ethyl adjacent to an activating group) is 1. The van der Waals surface area contributed by atoms with Crippen molar-refractivity contribution in [3.63, 3.8) is 0 Å². The number of carbonyl (C=O) groups is 2. The van der Waals surface area contributed by atoms with Crippen LogP contribution < -0.4 is 10.6 Å². The van der Waals surface area contributed by atoms with Gasteiger partial charge in [-0.3, -0.25) is 14.6 Å². The minimum absolute atomic E-state index is 0.0259. The van der Waals surface area contributed by atoms with E-state index in [2.05, 4.69) is 15.6 Å². The van der Waals surface area contributed by atoms with E-state index in [0.29, 0.717) is 12.5 Å². The second-order valence-corrected chi connectivity index (χ2v) is 5.23. The number of aliphatic imine (C=N–C) groups is 1. The molecule has 0 aliphatic carbocycles. The fourth-order valence-electron chi connectivity index (χ4n) is 2.28. The predicted molar refractivity (Wildman–Crippen MR) is 76.5 cm³/mol. The maximum atomic E-state index is 11.8. The average molecular weight is 267 g/mol. The molecule has 0 aromatic rings. The number of unbranched alkanes of at least 4 members (excludes halogenated alkanes) is 1. The van der Waals surface area contributed by atoms with Crippen LogP contribution in [0.15, 0.2) is 4.99 Å². The van der Waals surface area contributed by atoms with Crippen LogP contribution in [0.1, 0.15) is 39.5 Å². The molecule has 2 N–H and O–H groups in total. The summed E-state index contributed by atoms with van der Waals surface area (Å²) in [6.45, 7) is 4.30. The lowest BCUT2D eigenvalue weighted by Gasteiger charge is -2.14. The van der Waals surface area contributed by atoms with Gasteiger partial charge in [0.2, 0.25) is 5.91 Å². The van der Waals surface area contributed by atoms with Gasteiger partial charge in [0.1, 0.15) is 11.8 Å². The zero-order valence-corrected chi connectivity index (χ0v) is 12.1. The van der Waals surface area contributed by atoms with Crippen molar-refractivity contribution in [2.24, 2.45) is 10.9 Å². The van der Waals surface area contributed by atoms with Gasteiger partial charge < -0.3 is 10.6 Å². The maximum Gasteiger partial charge on any atom is 0.245 e. The topological polar surface area (TPSA) is 70.6 Å². The van der Waals surface area contributed by atoms with E-state index in [1.807, 2.05) is 13.1 Å². The molecule has 0 aromatic carbocycles. The SMILES string of the molecule is CNC(CCCCNC(=O)C1N=CCC1C)C(C)=O. The molecular formula is C14H25N3O2. The first-order valence-electron chi connectivity index (χ1n) is 7.03. The van der Waals surface area contributed by atoms with Gasteiger partial charge in [0.15, 0.2) is 0 Å². The number of nitrogens with zero attached hydrogens (tertiary/aromatic N) is 1. The molecule has 0 radical (unpaired) electrons. The molecule has 3 atom stereocenters. The minimum atomic E-state index is -0.206. The first-order chi connectivity index (χ1) is 9.06. The molecule has 1 aliphatic heterocycles. The van der Waals surface area contributed by atoms with Crippen molar-refractivity contribution in [3.8, 4) is 0 Å². The lowest BCUT2D eigenvalue weighted by Crippen LogP contribution is -2.36. The van der Waals surface area contributed by atoms with Gasteiger partial charge in [-0.15, -0.1) is 0 Å². The average Bonchev–Trinajstić information content (AvgIpc) is 2.79. The molecule has 1 aliphatic rings. The summed E-state index contributed by atoms with van der Waals surface area (Å²) >= 11 is 0. The van der Waals surface area contributed by atoms with Gasteiger partial charge in [0.25, 0.3) is 0 Å². The molecule has 0 bridgehead atoms. The molecule has 1 amide bonds. The molecule has 5 nitrogen and oxygen atoms in total. The summed E-state index contributed by atoms with van der Waals surface area (Å²) in [6, 6.07) is -0.266. The van der Waals surface area contributed by atoms with E-state index in [0.717, 1.165) is 25.7 Å². The Kier molecular flexibility index (Phi) is 6.70. The third-order valence-electron chi connectivity index (χ3n) is 3.61. The Morgan fingerprint density at radius 2 is 2.16 bits per heavy atom. The van der Waals surface area contributed by atoms with Gasteiger partial charge in [-0.05, 0) is 45.6 Å². The first kappa shape index (κ1) is 15.8. The summed E-state index contributed by atoms with van der Waals surface area (Å²) in [5.41, 5.74) is 0. The number of carbonyl (C=O) groups excluding carboxylic acids is 2. The molecule has 3 unspecified atom stereocenters. The van der Waals surface area contributed by atoms with E-state index in [9.17, 15) is 9.59 Å². The number of hydrogen-bond donors (Lipinski definition) is 2. The Bertz CT molecular complexity index is 342. The molecule has 0 saturated carbocycles. The van der Waals surface area contributed by atoms with Crippen LogP contribution in [0.2, 0.25) is 0 Å². The molecular weight excluding hydrogens is 242 g/mol. The van der Waals surface area contributed by atoms with E-state index in [1.54, 1.807) is 14.0 Å². The Morgan fingerprint density at radius 1 is 1.42 bits per heavy atom. The van der Waals surface area contributed by atoms with Gasteiger partial charge in [-0.1, -0.05) is 6.92 Å². The molecule has 5 heteroatoms. The Hall–Kier alpha value is -1.23. The van der Waals surface area contributed by atoms with Crippen LogP contribution in [-0.4, -0.2) is 43.6 Å². The molecule has 0 spiro atoms. The van der Waals surface area contributed by atoms with Crippen molar-refractivity contribution in [2.75, 3.05) is 13.6 Å². The molecule has 1 rings (SSSR count). The van der Waals surface area contributed by atoms with Gasteiger partial charge in [0.05, 0.1) is 6.04 Å². The zero-order valence-electron chi connectivity index (χ0n) is 12.1. The van der Waals surface area contributed by atoms with Crippen molar-refractivity contribution in [1.29, 1.82) is 0 Å². The molecule has 0 aromatic heterocycles. The van der Waals surface area contributed by atoms with Crippen LogP contribution in [0.5, 0.6) is 0 Å². The Morgan fingerprint density at radius 3 is 2.68 bits per heavy atom. The lowest BCUT2D eigenvalue weighted by molar-refractivity contribution is -0.123. The number of amides is 1. The Labute approximate surface area is 115 Å². The highest BCUT2D eigenvalue weighted by molar-refractivity contribution is 5.85. The predicted octanol–water partition coefficient (Wildman–Crippen LogP) is 0.929. The number of nitrogens with one attached hydrogen (secondary N) is 2. The van der Waals surface area contributed by atoms with Gasteiger partial charge in [-0.25, -0.2) is 0 Å². The minimum Gasteiger partial charge on any atom is -0.354 e. The van der Waals surface area contributed by atoms with Crippen molar-refractivity contribution in [2.45, 2.75) is 51.6 Å². The molecule has 0 fully saturated rings. The van der Waals surface area contributed by atoms with Crippen molar-refractivity contribution in [1.82, 2.24) is 10.6 Å². The Balaban J connectivity index is 2.12. The van der Waals surface area contributed by atoms with Crippen LogP contribution in [0.3, 0.4) is 0 Å². The summed E-state index contributed by atoms with van der Waals surface area (Å²) in [5, 5.41) is 5.91. The summed E-state index contributed by atoms with van der Waals surface area (Å²) < 4.78 is 0. The number of rotatable bonds is 8. The van der Waals surface area contributed by atoms with Crippen LogP contribution >= 0.6 is 0 Å². The lowest BCUT2D eigenvalue weighted by atomic mass is 10.0. The maximum absolute atomic E-state index is 11.8. The fourth-order valence-corrected chi connectivity index (χ4v) is 2.28. The number of hydrogen-bond acceptors (Lipinski definition) is 4. The largest absolute Gasteiger partial charge is 0.354 e. The molecule has 0 saturated heterocycles. The highest BCUT2D eigenvalue weighted by Crippen LogP contribution is 2.16. The van der Waals surface area contributed by atoms with E-state index < -0.39 is 0 Å². The van der Waals surface area contributed by atoms with E-state index in [-0.39, 0.29) is 23.8 Å². The van der Waals surface area contributed by atoms with Gasteiger partial charge in [0, 0.05) is 12.8 Å². The summed E-state index contributed by atoms with van der Waals surface area (Å²) in [4.78, 5) is 27.2. The molecule has 1 heterocycles. The van der Waals surface area contributed by atoms with Crippen LogP contribution in [0, 0.1) is 5.92 Å². The van der Waals surface area contributed by atoms with Crippen LogP contribution in [-0.2, 0) is 9.59 Å². The summed E-state index contributed by atoms with van der Waals surface area (Å²) in [7, 11) is 1.80. The fraction of sp³-hybridized carbons (Fsp3) is 0.786. The van der Waals surface area contributed by atoms with E-state index in [4.69, 9.17) is 0 Å².